The Balaban J connectivity index is 1.92. The zero-order valence-corrected chi connectivity index (χ0v) is 10.1. The molecule has 1 unspecified atom stereocenters. The van der Waals surface area contributed by atoms with Gasteiger partial charge in [0.1, 0.15) is 6.33 Å². The lowest BCUT2D eigenvalue weighted by molar-refractivity contribution is -0.115. The summed E-state index contributed by atoms with van der Waals surface area (Å²) in [6.45, 7) is 1.85. The normalized spacial score (nSPS) is 12.1. The molecule has 0 saturated heterocycles. The Kier molecular flexibility index (Phi) is 3.77. The first kappa shape index (κ1) is 11.7. The molecule has 0 aliphatic rings. The van der Waals surface area contributed by atoms with E-state index in [-0.39, 0.29) is 11.2 Å². The lowest BCUT2D eigenvalue weighted by Gasteiger charge is -2.09. The topological polar surface area (TPSA) is 70.7 Å². The van der Waals surface area contributed by atoms with Crippen molar-refractivity contribution < 1.29 is 4.79 Å². The number of aromatic nitrogens is 3. The van der Waals surface area contributed by atoms with Gasteiger partial charge in [-0.05, 0) is 19.1 Å². The van der Waals surface area contributed by atoms with Gasteiger partial charge >= 0.3 is 0 Å². The minimum absolute atomic E-state index is 0.113. The SMILES string of the molecule is CC(Sc1ccccc1)C(=O)Nc1nc[nH]n1. The van der Waals surface area contributed by atoms with E-state index in [2.05, 4.69) is 20.5 Å². The first-order valence-electron chi connectivity index (χ1n) is 5.14. The van der Waals surface area contributed by atoms with E-state index in [9.17, 15) is 4.79 Å². The third-order valence-corrected chi connectivity index (χ3v) is 3.19. The van der Waals surface area contributed by atoms with Crippen LogP contribution in [0.2, 0.25) is 0 Å². The Morgan fingerprint density at radius 1 is 1.41 bits per heavy atom. The maximum absolute atomic E-state index is 11.8. The minimum Gasteiger partial charge on any atom is -0.292 e. The van der Waals surface area contributed by atoms with Crippen LogP contribution in [0.5, 0.6) is 0 Å². The Morgan fingerprint density at radius 3 is 2.82 bits per heavy atom. The van der Waals surface area contributed by atoms with Crippen molar-refractivity contribution in [3.05, 3.63) is 36.7 Å². The van der Waals surface area contributed by atoms with Crippen molar-refractivity contribution in [2.45, 2.75) is 17.1 Å². The lowest BCUT2D eigenvalue weighted by atomic mass is 10.4. The molecule has 0 aliphatic heterocycles. The van der Waals surface area contributed by atoms with Crippen molar-refractivity contribution in [1.29, 1.82) is 0 Å². The molecule has 17 heavy (non-hydrogen) atoms. The molecule has 88 valence electrons. The smallest absolute Gasteiger partial charge is 0.248 e. The number of nitrogens with one attached hydrogen (secondary N) is 2. The van der Waals surface area contributed by atoms with Gasteiger partial charge in [-0.15, -0.1) is 16.9 Å². The quantitative estimate of drug-likeness (QED) is 0.811. The number of aromatic amines is 1. The van der Waals surface area contributed by atoms with E-state index in [1.807, 2.05) is 37.3 Å². The van der Waals surface area contributed by atoms with E-state index in [4.69, 9.17) is 0 Å². The van der Waals surface area contributed by atoms with Crippen molar-refractivity contribution in [2.75, 3.05) is 5.32 Å². The van der Waals surface area contributed by atoms with E-state index in [1.54, 1.807) is 0 Å². The Labute approximate surface area is 103 Å². The average Bonchev–Trinajstić information content (AvgIpc) is 2.83. The fourth-order valence-electron chi connectivity index (χ4n) is 1.24. The van der Waals surface area contributed by atoms with Gasteiger partial charge in [0.15, 0.2) is 0 Å². The summed E-state index contributed by atoms with van der Waals surface area (Å²) in [7, 11) is 0. The molecule has 2 rings (SSSR count). The number of anilines is 1. The second kappa shape index (κ2) is 5.49. The third kappa shape index (κ3) is 3.32. The molecular weight excluding hydrogens is 236 g/mol. The van der Waals surface area contributed by atoms with Gasteiger partial charge in [-0.2, -0.15) is 0 Å². The van der Waals surface area contributed by atoms with E-state index in [0.717, 1.165) is 4.90 Å². The summed E-state index contributed by atoms with van der Waals surface area (Å²) in [4.78, 5) is 16.7. The predicted molar refractivity (Wildman–Crippen MR) is 66.8 cm³/mol. The summed E-state index contributed by atoms with van der Waals surface area (Å²) < 4.78 is 0. The molecule has 1 atom stereocenters. The van der Waals surface area contributed by atoms with Crippen LogP contribution in [0.1, 0.15) is 6.92 Å². The first-order valence-corrected chi connectivity index (χ1v) is 6.02. The molecule has 6 heteroatoms. The highest BCUT2D eigenvalue weighted by Crippen LogP contribution is 2.23. The second-order valence-electron chi connectivity index (χ2n) is 3.39. The highest BCUT2D eigenvalue weighted by atomic mass is 32.2. The molecule has 0 aliphatic carbocycles. The molecule has 0 radical (unpaired) electrons. The molecule has 1 aromatic carbocycles. The van der Waals surface area contributed by atoms with Crippen molar-refractivity contribution in [3.63, 3.8) is 0 Å². The Morgan fingerprint density at radius 2 is 2.18 bits per heavy atom. The van der Waals surface area contributed by atoms with Crippen LogP contribution in [0.25, 0.3) is 0 Å². The Hall–Kier alpha value is -1.82. The molecule has 5 nitrogen and oxygen atoms in total. The monoisotopic (exact) mass is 248 g/mol. The number of thioether (sulfide) groups is 1. The number of carbonyl (C=O) groups is 1. The molecule has 0 fully saturated rings. The number of benzene rings is 1. The Bertz CT molecular complexity index is 471. The fourth-order valence-corrected chi connectivity index (χ4v) is 2.13. The molecular formula is C11H12N4OS. The maximum atomic E-state index is 11.8. The van der Waals surface area contributed by atoms with Gasteiger partial charge in [0, 0.05) is 4.90 Å². The number of hydrogen-bond acceptors (Lipinski definition) is 4. The van der Waals surface area contributed by atoms with Gasteiger partial charge in [-0.1, -0.05) is 18.2 Å². The summed E-state index contributed by atoms with van der Waals surface area (Å²) >= 11 is 1.50. The highest BCUT2D eigenvalue weighted by Gasteiger charge is 2.15. The number of rotatable bonds is 4. The van der Waals surface area contributed by atoms with Gasteiger partial charge in [0.05, 0.1) is 5.25 Å². The summed E-state index contributed by atoms with van der Waals surface area (Å²) in [5, 5.41) is 8.74. The van der Waals surface area contributed by atoms with E-state index in [0.29, 0.717) is 5.95 Å². The highest BCUT2D eigenvalue weighted by molar-refractivity contribution is 8.00. The van der Waals surface area contributed by atoms with E-state index >= 15 is 0 Å². The van der Waals surface area contributed by atoms with Gasteiger partial charge in [0.25, 0.3) is 0 Å². The van der Waals surface area contributed by atoms with Crippen LogP contribution in [0.4, 0.5) is 5.95 Å². The number of amides is 1. The molecule has 0 spiro atoms. The van der Waals surface area contributed by atoms with Crippen LogP contribution in [0.3, 0.4) is 0 Å². The third-order valence-electron chi connectivity index (χ3n) is 2.08. The summed E-state index contributed by atoms with van der Waals surface area (Å²) in [6.07, 6.45) is 1.42. The molecule has 1 heterocycles. The predicted octanol–water partition coefficient (Wildman–Crippen LogP) is 1.92. The minimum atomic E-state index is -0.198. The number of nitrogens with zero attached hydrogens (tertiary/aromatic N) is 2. The number of carbonyl (C=O) groups excluding carboxylic acids is 1. The zero-order valence-electron chi connectivity index (χ0n) is 9.25. The van der Waals surface area contributed by atoms with Crippen LogP contribution >= 0.6 is 11.8 Å². The van der Waals surface area contributed by atoms with Gasteiger partial charge in [0.2, 0.25) is 11.9 Å². The van der Waals surface area contributed by atoms with Gasteiger partial charge < -0.3 is 0 Å². The first-order chi connectivity index (χ1) is 8.25. The molecule has 2 aromatic rings. The van der Waals surface area contributed by atoms with Gasteiger partial charge in [-0.25, -0.2) is 4.98 Å². The molecule has 0 saturated carbocycles. The van der Waals surface area contributed by atoms with Crippen LogP contribution in [0, 0.1) is 0 Å². The standard InChI is InChI=1S/C11H12N4OS/c1-8(17-9-5-3-2-4-6-9)10(16)14-11-12-7-13-15-11/h2-8H,1H3,(H2,12,13,14,15,16). The average molecular weight is 248 g/mol. The van der Waals surface area contributed by atoms with Crippen LogP contribution in [-0.4, -0.2) is 26.3 Å². The number of hydrogen-bond donors (Lipinski definition) is 2. The molecule has 1 aromatic heterocycles. The van der Waals surface area contributed by atoms with Crippen molar-refractivity contribution in [2.24, 2.45) is 0 Å². The second-order valence-corrected chi connectivity index (χ2v) is 4.80. The number of H-pyrrole nitrogens is 1. The van der Waals surface area contributed by atoms with Crippen molar-refractivity contribution in [1.82, 2.24) is 15.2 Å². The maximum Gasteiger partial charge on any atom is 0.248 e. The lowest BCUT2D eigenvalue weighted by Crippen LogP contribution is -2.23. The van der Waals surface area contributed by atoms with Gasteiger partial charge in [-0.3, -0.25) is 15.2 Å². The summed E-state index contributed by atoms with van der Waals surface area (Å²) in [5.41, 5.74) is 0. The zero-order chi connectivity index (χ0) is 12.1. The largest absolute Gasteiger partial charge is 0.292 e. The van der Waals surface area contributed by atoms with Crippen LogP contribution in [0.15, 0.2) is 41.6 Å². The summed E-state index contributed by atoms with van der Waals surface area (Å²) in [5.74, 6) is 0.189. The molecule has 1 amide bonds. The van der Waals surface area contributed by atoms with Crippen LogP contribution < -0.4 is 5.32 Å². The van der Waals surface area contributed by atoms with Crippen molar-refractivity contribution >= 4 is 23.6 Å². The van der Waals surface area contributed by atoms with Crippen molar-refractivity contribution in [3.8, 4) is 0 Å². The summed E-state index contributed by atoms with van der Waals surface area (Å²) in [6, 6.07) is 9.79. The molecule has 0 bridgehead atoms. The van der Waals surface area contributed by atoms with E-state index in [1.165, 1.54) is 18.1 Å². The molecule has 2 N–H and O–H groups in total. The fraction of sp³-hybridized carbons (Fsp3) is 0.182. The van der Waals surface area contributed by atoms with E-state index < -0.39 is 0 Å². The van der Waals surface area contributed by atoms with Crippen LogP contribution in [-0.2, 0) is 4.79 Å².